The van der Waals surface area contributed by atoms with Crippen molar-refractivity contribution in [2.45, 2.75) is 19.4 Å². The summed E-state index contributed by atoms with van der Waals surface area (Å²) in [6.07, 6.45) is 4.46. The highest BCUT2D eigenvalue weighted by molar-refractivity contribution is 7.12. The van der Waals surface area contributed by atoms with Crippen molar-refractivity contribution in [1.29, 1.82) is 0 Å². The third-order valence-corrected chi connectivity index (χ3v) is 6.11. The average Bonchev–Trinajstić information content (AvgIpc) is 3.37. The molecule has 1 N–H and O–H groups in total. The Hall–Kier alpha value is -2.44. The molecule has 3 aromatic rings. The molecule has 0 saturated carbocycles. The highest BCUT2D eigenvalue weighted by atomic mass is 32.1. The van der Waals surface area contributed by atoms with Crippen molar-refractivity contribution < 1.29 is 4.79 Å². The Morgan fingerprint density at radius 1 is 1.25 bits per heavy atom. The normalized spacial score (nSPS) is 17.5. The molecule has 1 aromatic carbocycles. The Morgan fingerprint density at radius 3 is 2.89 bits per heavy atom. The third-order valence-electron chi connectivity index (χ3n) is 5.25. The molecule has 1 fully saturated rings. The zero-order valence-electron chi connectivity index (χ0n) is 16.2. The summed E-state index contributed by atoms with van der Waals surface area (Å²) in [6, 6.07) is 14.2. The van der Waals surface area contributed by atoms with Gasteiger partial charge in [0.1, 0.15) is 0 Å². The molecule has 146 valence electrons. The number of aryl methyl sites for hydroxylation is 1. The number of amides is 1. The van der Waals surface area contributed by atoms with Gasteiger partial charge in [0.25, 0.3) is 5.91 Å². The molecule has 0 bridgehead atoms. The van der Waals surface area contributed by atoms with Crippen LogP contribution in [0.2, 0.25) is 0 Å². The summed E-state index contributed by atoms with van der Waals surface area (Å²) in [4.78, 5) is 15.5. The molecule has 1 aliphatic rings. The van der Waals surface area contributed by atoms with Crippen LogP contribution in [0.5, 0.6) is 0 Å². The summed E-state index contributed by atoms with van der Waals surface area (Å²) in [5.74, 6) is 0.542. The Bertz CT molecular complexity index is 904. The maximum atomic E-state index is 12.2. The molecule has 0 spiro atoms. The van der Waals surface area contributed by atoms with E-state index in [2.05, 4.69) is 45.8 Å². The smallest absolute Gasteiger partial charge is 0.261 e. The standard InChI is InChI=1S/C22H26N4OS/c1-25-15-19(21(24-25)18-8-3-2-4-9-18)16-26-11-5-7-17(14-26)13-23-22(27)20-10-6-12-28-20/h2-4,6,8-10,12,15,17H,5,7,11,13-14,16H2,1H3,(H,23,27)/t17-/m0/s1. The van der Waals surface area contributed by atoms with E-state index in [0.29, 0.717) is 5.92 Å². The Labute approximate surface area is 170 Å². The fourth-order valence-corrected chi connectivity index (χ4v) is 4.57. The number of benzene rings is 1. The lowest BCUT2D eigenvalue weighted by Gasteiger charge is -2.32. The molecule has 0 aliphatic carbocycles. The van der Waals surface area contributed by atoms with Gasteiger partial charge in [-0.15, -0.1) is 11.3 Å². The van der Waals surface area contributed by atoms with Gasteiger partial charge >= 0.3 is 0 Å². The van der Waals surface area contributed by atoms with Gasteiger partial charge in [-0.25, -0.2) is 0 Å². The lowest BCUT2D eigenvalue weighted by Crippen LogP contribution is -2.40. The van der Waals surface area contributed by atoms with E-state index in [0.717, 1.165) is 42.3 Å². The Balaban J connectivity index is 1.37. The molecule has 0 unspecified atom stereocenters. The van der Waals surface area contributed by atoms with E-state index in [1.165, 1.54) is 29.7 Å². The molecule has 3 heterocycles. The van der Waals surface area contributed by atoms with E-state index < -0.39 is 0 Å². The fraction of sp³-hybridized carbons (Fsp3) is 0.364. The Morgan fingerprint density at radius 2 is 2.11 bits per heavy atom. The minimum Gasteiger partial charge on any atom is -0.351 e. The summed E-state index contributed by atoms with van der Waals surface area (Å²) < 4.78 is 1.90. The van der Waals surface area contributed by atoms with Crippen LogP contribution < -0.4 is 5.32 Å². The summed E-state index contributed by atoms with van der Waals surface area (Å²) in [6.45, 7) is 3.74. The predicted molar refractivity (Wildman–Crippen MR) is 113 cm³/mol. The number of nitrogens with zero attached hydrogens (tertiary/aromatic N) is 3. The van der Waals surface area contributed by atoms with Crippen molar-refractivity contribution in [2.75, 3.05) is 19.6 Å². The van der Waals surface area contributed by atoms with Crippen LogP contribution in [0.1, 0.15) is 28.1 Å². The third kappa shape index (κ3) is 4.51. The number of hydrogen-bond donors (Lipinski definition) is 1. The largest absolute Gasteiger partial charge is 0.351 e. The average molecular weight is 395 g/mol. The fourth-order valence-electron chi connectivity index (χ4n) is 3.93. The SMILES string of the molecule is Cn1cc(CN2CCC[C@@H](CNC(=O)c3cccs3)C2)c(-c2ccccc2)n1. The summed E-state index contributed by atoms with van der Waals surface area (Å²) in [5.41, 5.74) is 3.49. The highest BCUT2D eigenvalue weighted by Gasteiger charge is 2.22. The van der Waals surface area contributed by atoms with Gasteiger partial charge in [-0.05, 0) is 36.8 Å². The van der Waals surface area contributed by atoms with E-state index in [1.807, 2.05) is 35.3 Å². The van der Waals surface area contributed by atoms with Crippen LogP contribution in [-0.4, -0.2) is 40.2 Å². The number of nitrogens with one attached hydrogen (secondary N) is 1. The molecule has 28 heavy (non-hydrogen) atoms. The van der Waals surface area contributed by atoms with Crippen molar-refractivity contribution in [3.05, 3.63) is 64.5 Å². The zero-order valence-corrected chi connectivity index (χ0v) is 17.0. The lowest BCUT2D eigenvalue weighted by molar-refractivity contribution is 0.0934. The zero-order chi connectivity index (χ0) is 19.3. The molecule has 1 aliphatic heterocycles. The van der Waals surface area contributed by atoms with Gasteiger partial charge in [-0.3, -0.25) is 14.4 Å². The minimum absolute atomic E-state index is 0.0470. The molecular formula is C22H26N4OS. The maximum absolute atomic E-state index is 12.2. The van der Waals surface area contributed by atoms with E-state index in [9.17, 15) is 4.79 Å². The molecule has 1 amide bonds. The molecule has 1 saturated heterocycles. The number of carbonyl (C=O) groups excluding carboxylic acids is 1. The van der Waals surface area contributed by atoms with Crippen LogP contribution in [0.25, 0.3) is 11.3 Å². The molecule has 4 rings (SSSR count). The minimum atomic E-state index is 0.0470. The van der Waals surface area contributed by atoms with Gasteiger partial charge in [0.15, 0.2) is 0 Å². The van der Waals surface area contributed by atoms with Crippen molar-refractivity contribution in [3.8, 4) is 11.3 Å². The number of rotatable bonds is 6. The first-order valence-corrected chi connectivity index (χ1v) is 10.7. The molecule has 2 aromatic heterocycles. The van der Waals surface area contributed by atoms with Crippen LogP contribution in [0.4, 0.5) is 0 Å². The van der Waals surface area contributed by atoms with Gasteiger partial charge < -0.3 is 5.32 Å². The van der Waals surface area contributed by atoms with Gasteiger partial charge in [0.2, 0.25) is 0 Å². The first-order valence-electron chi connectivity index (χ1n) is 9.81. The summed E-state index contributed by atoms with van der Waals surface area (Å²) in [7, 11) is 1.98. The summed E-state index contributed by atoms with van der Waals surface area (Å²) >= 11 is 1.49. The first kappa shape index (κ1) is 18.9. The van der Waals surface area contributed by atoms with Crippen LogP contribution in [-0.2, 0) is 13.6 Å². The number of likely N-dealkylation sites (tertiary alicyclic amines) is 1. The molecule has 1 atom stereocenters. The first-order chi connectivity index (χ1) is 13.7. The van der Waals surface area contributed by atoms with E-state index in [1.54, 1.807) is 0 Å². The van der Waals surface area contributed by atoms with Crippen molar-refractivity contribution in [2.24, 2.45) is 13.0 Å². The molecule has 6 heteroatoms. The van der Waals surface area contributed by atoms with Crippen LogP contribution in [0.15, 0.2) is 54.0 Å². The Kier molecular flexibility index (Phi) is 5.88. The van der Waals surface area contributed by atoms with Crippen LogP contribution in [0.3, 0.4) is 0 Å². The second-order valence-electron chi connectivity index (χ2n) is 7.47. The maximum Gasteiger partial charge on any atom is 0.261 e. The predicted octanol–water partition coefficient (Wildman–Crippen LogP) is 3.79. The van der Waals surface area contributed by atoms with E-state index in [4.69, 9.17) is 0 Å². The van der Waals surface area contributed by atoms with E-state index >= 15 is 0 Å². The lowest BCUT2D eigenvalue weighted by atomic mass is 9.97. The topological polar surface area (TPSA) is 50.2 Å². The number of piperidine rings is 1. The molecule has 5 nitrogen and oxygen atoms in total. The van der Waals surface area contributed by atoms with Gasteiger partial charge in [-0.1, -0.05) is 36.4 Å². The second kappa shape index (κ2) is 8.71. The quantitative estimate of drug-likeness (QED) is 0.692. The summed E-state index contributed by atoms with van der Waals surface area (Å²) in [5, 5.41) is 9.74. The van der Waals surface area contributed by atoms with Crippen LogP contribution in [0, 0.1) is 5.92 Å². The second-order valence-corrected chi connectivity index (χ2v) is 8.42. The van der Waals surface area contributed by atoms with Crippen molar-refractivity contribution in [1.82, 2.24) is 20.0 Å². The number of aromatic nitrogens is 2. The number of carbonyl (C=O) groups is 1. The van der Waals surface area contributed by atoms with Gasteiger partial charge in [-0.2, -0.15) is 5.10 Å². The van der Waals surface area contributed by atoms with Crippen molar-refractivity contribution in [3.63, 3.8) is 0 Å². The van der Waals surface area contributed by atoms with Crippen molar-refractivity contribution >= 4 is 17.2 Å². The van der Waals surface area contributed by atoms with Crippen LogP contribution >= 0.6 is 11.3 Å². The van der Waals surface area contributed by atoms with Gasteiger partial charge in [0, 0.05) is 44.0 Å². The number of thiophene rings is 1. The van der Waals surface area contributed by atoms with Gasteiger partial charge in [0.05, 0.1) is 10.6 Å². The monoisotopic (exact) mass is 394 g/mol. The molecular weight excluding hydrogens is 368 g/mol. The highest BCUT2D eigenvalue weighted by Crippen LogP contribution is 2.25. The van der Waals surface area contributed by atoms with E-state index in [-0.39, 0.29) is 5.91 Å². The molecule has 0 radical (unpaired) electrons. The number of hydrogen-bond acceptors (Lipinski definition) is 4.